The molecule has 1 atom stereocenters. The predicted molar refractivity (Wildman–Crippen MR) is 71.5 cm³/mol. The van der Waals surface area contributed by atoms with Crippen molar-refractivity contribution in [1.29, 1.82) is 0 Å². The van der Waals surface area contributed by atoms with Gasteiger partial charge >= 0.3 is 0 Å². The fourth-order valence-electron chi connectivity index (χ4n) is 2.40. The normalized spacial score (nSPS) is 20.7. The number of rotatable bonds is 6. The zero-order chi connectivity index (χ0) is 12.9. The Kier molecular flexibility index (Phi) is 5.89. The largest absolute Gasteiger partial charge is 0.313 e. The molecule has 1 saturated carbocycles. The molecule has 1 rings (SSSR count). The Hall–Kier alpha value is -0.130. The first-order valence-corrected chi connectivity index (χ1v) is 8.18. The number of sulfonamides is 1. The van der Waals surface area contributed by atoms with Gasteiger partial charge in [-0.2, -0.15) is 0 Å². The van der Waals surface area contributed by atoms with Crippen LogP contribution in [-0.2, 0) is 10.0 Å². The van der Waals surface area contributed by atoms with Crippen molar-refractivity contribution < 1.29 is 8.42 Å². The molecule has 1 aliphatic rings. The molecule has 0 radical (unpaired) electrons. The summed E-state index contributed by atoms with van der Waals surface area (Å²) in [6, 6.07) is 0.438. The molecule has 102 valence electrons. The molecule has 0 amide bonds. The first-order chi connectivity index (χ1) is 7.93. The van der Waals surface area contributed by atoms with Crippen LogP contribution in [0, 0.1) is 5.92 Å². The standard InChI is InChI=1S/C12H26N2O2S/c1-11(12-7-5-4-6-8-12)13-9-10-17(15,16)14(2)3/h11-13H,4-10H2,1-3H3. The molecule has 0 spiro atoms. The van der Waals surface area contributed by atoms with Crippen molar-refractivity contribution >= 4 is 10.0 Å². The van der Waals surface area contributed by atoms with Gasteiger partial charge in [-0.3, -0.25) is 0 Å². The molecule has 0 aromatic carbocycles. The maximum atomic E-state index is 11.6. The minimum Gasteiger partial charge on any atom is -0.313 e. The predicted octanol–water partition coefficient (Wildman–Crippen LogP) is 1.44. The molecule has 0 aromatic rings. The average molecular weight is 262 g/mol. The lowest BCUT2D eigenvalue weighted by Gasteiger charge is -2.28. The third kappa shape index (κ3) is 4.94. The number of nitrogens with zero attached hydrogens (tertiary/aromatic N) is 1. The molecular formula is C12H26N2O2S. The first kappa shape index (κ1) is 14.9. The van der Waals surface area contributed by atoms with Crippen molar-refractivity contribution in [2.45, 2.75) is 45.1 Å². The van der Waals surface area contributed by atoms with Crippen molar-refractivity contribution in [3.8, 4) is 0 Å². The van der Waals surface area contributed by atoms with Crippen LogP contribution in [0.2, 0.25) is 0 Å². The van der Waals surface area contributed by atoms with Crippen LogP contribution >= 0.6 is 0 Å². The molecule has 5 heteroatoms. The molecule has 17 heavy (non-hydrogen) atoms. The fourth-order valence-corrected chi connectivity index (χ4v) is 3.14. The van der Waals surface area contributed by atoms with Crippen molar-refractivity contribution in [3.63, 3.8) is 0 Å². The minimum atomic E-state index is -3.05. The lowest BCUT2D eigenvalue weighted by atomic mass is 9.84. The highest BCUT2D eigenvalue weighted by Gasteiger charge is 2.20. The van der Waals surface area contributed by atoms with Crippen molar-refractivity contribution in [3.05, 3.63) is 0 Å². The van der Waals surface area contributed by atoms with Crippen molar-refractivity contribution in [2.75, 3.05) is 26.4 Å². The molecule has 1 N–H and O–H groups in total. The van der Waals surface area contributed by atoms with Gasteiger partial charge in [0.15, 0.2) is 0 Å². The van der Waals surface area contributed by atoms with Crippen LogP contribution in [0.25, 0.3) is 0 Å². The Morgan fingerprint density at radius 1 is 1.24 bits per heavy atom. The second kappa shape index (κ2) is 6.71. The van der Waals surface area contributed by atoms with Gasteiger partial charge < -0.3 is 5.32 Å². The van der Waals surface area contributed by atoms with E-state index in [1.807, 2.05) is 0 Å². The van der Waals surface area contributed by atoms with E-state index in [1.165, 1.54) is 36.4 Å². The van der Waals surface area contributed by atoms with Gasteiger partial charge in [0.25, 0.3) is 0 Å². The zero-order valence-electron chi connectivity index (χ0n) is 11.3. The second-order valence-corrected chi connectivity index (χ2v) is 7.54. The highest BCUT2D eigenvalue weighted by Crippen LogP contribution is 2.26. The second-order valence-electron chi connectivity index (χ2n) is 5.24. The maximum Gasteiger partial charge on any atom is 0.214 e. The molecule has 0 saturated heterocycles. The lowest BCUT2D eigenvalue weighted by Crippen LogP contribution is -2.39. The van der Waals surface area contributed by atoms with Gasteiger partial charge in [0, 0.05) is 26.7 Å². The SMILES string of the molecule is CC(NCCS(=O)(=O)N(C)C)C1CCCCC1. The van der Waals surface area contributed by atoms with Crippen LogP contribution in [0.15, 0.2) is 0 Å². The van der Waals surface area contributed by atoms with Gasteiger partial charge in [-0.15, -0.1) is 0 Å². The van der Waals surface area contributed by atoms with E-state index in [0.29, 0.717) is 12.6 Å². The van der Waals surface area contributed by atoms with E-state index in [0.717, 1.165) is 5.92 Å². The maximum absolute atomic E-state index is 11.6. The Morgan fingerprint density at radius 2 is 1.82 bits per heavy atom. The number of nitrogens with one attached hydrogen (secondary N) is 1. The molecule has 1 aliphatic carbocycles. The summed E-state index contributed by atoms with van der Waals surface area (Å²) < 4.78 is 24.4. The van der Waals surface area contributed by atoms with E-state index >= 15 is 0 Å². The topological polar surface area (TPSA) is 49.4 Å². The Bertz CT molecular complexity index is 308. The van der Waals surface area contributed by atoms with E-state index in [1.54, 1.807) is 14.1 Å². The van der Waals surface area contributed by atoms with Crippen LogP contribution in [0.5, 0.6) is 0 Å². The van der Waals surface area contributed by atoms with E-state index < -0.39 is 10.0 Å². The summed E-state index contributed by atoms with van der Waals surface area (Å²) in [6.07, 6.45) is 6.58. The van der Waals surface area contributed by atoms with Gasteiger partial charge in [0.2, 0.25) is 10.0 Å². The highest BCUT2D eigenvalue weighted by atomic mass is 32.2. The summed E-state index contributed by atoms with van der Waals surface area (Å²) in [6.45, 7) is 2.73. The van der Waals surface area contributed by atoms with Gasteiger partial charge in [0.05, 0.1) is 5.75 Å². The lowest BCUT2D eigenvalue weighted by molar-refractivity contribution is 0.284. The molecule has 0 aliphatic heterocycles. The molecule has 4 nitrogen and oxygen atoms in total. The molecule has 1 fully saturated rings. The molecule has 0 aromatic heterocycles. The molecular weight excluding hydrogens is 236 g/mol. The Labute approximate surface area is 106 Å². The van der Waals surface area contributed by atoms with Gasteiger partial charge in [-0.1, -0.05) is 19.3 Å². The summed E-state index contributed by atoms with van der Waals surface area (Å²) in [5, 5.41) is 3.36. The number of hydrogen-bond acceptors (Lipinski definition) is 3. The summed E-state index contributed by atoms with van der Waals surface area (Å²) in [7, 11) is 0.113. The quantitative estimate of drug-likeness (QED) is 0.788. The van der Waals surface area contributed by atoms with E-state index in [2.05, 4.69) is 12.2 Å². The third-order valence-electron chi connectivity index (χ3n) is 3.74. The molecule has 0 heterocycles. The highest BCUT2D eigenvalue weighted by molar-refractivity contribution is 7.89. The van der Waals surface area contributed by atoms with Crippen LogP contribution in [-0.4, -0.2) is 45.2 Å². The third-order valence-corrected chi connectivity index (χ3v) is 5.57. The van der Waals surface area contributed by atoms with E-state index in [4.69, 9.17) is 0 Å². The summed E-state index contributed by atoms with van der Waals surface area (Å²) in [4.78, 5) is 0. The van der Waals surface area contributed by atoms with Crippen LogP contribution in [0.3, 0.4) is 0 Å². The fraction of sp³-hybridized carbons (Fsp3) is 1.00. The van der Waals surface area contributed by atoms with Gasteiger partial charge in [-0.25, -0.2) is 12.7 Å². The van der Waals surface area contributed by atoms with E-state index in [9.17, 15) is 8.42 Å². The van der Waals surface area contributed by atoms with Crippen molar-refractivity contribution in [1.82, 2.24) is 9.62 Å². The number of hydrogen-bond donors (Lipinski definition) is 1. The summed E-state index contributed by atoms with van der Waals surface area (Å²) >= 11 is 0. The zero-order valence-corrected chi connectivity index (χ0v) is 12.1. The minimum absolute atomic E-state index is 0.192. The van der Waals surface area contributed by atoms with Gasteiger partial charge in [-0.05, 0) is 25.7 Å². The van der Waals surface area contributed by atoms with Crippen molar-refractivity contribution in [2.24, 2.45) is 5.92 Å². The van der Waals surface area contributed by atoms with Crippen LogP contribution in [0.4, 0.5) is 0 Å². The van der Waals surface area contributed by atoms with Crippen LogP contribution < -0.4 is 5.32 Å². The molecule has 0 bridgehead atoms. The smallest absolute Gasteiger partial charge is 0.214 e. The average Bonchev–Trinajstić information content (AvgIpc) is 2.29. The summed E-state index contributed by atoms with van der Waals surface area (Å²) in [5.74, 6) is 0.919. The summed E-state index contributed by atoms with van der Waals surface area (Å²) in [5.41, 5.74) is 0. The monoisotopic (exact) mass is 262 g/mol. The van der Waals surface area contributed by atoms with Gasteiger partial charge in [0.1, 0.15) is 0 Å². The molecule has 1 unspecified atom stereocenters. The first-order valence-electron chi connectivity index (χ1n) is 6.57. The van der Waals surface area contributed by atoms with Crippen LogP contribution in [0.1, 0.15) is 39.0 Å². The Morgan fingerprint density at radius 3 is 2.35 bits per heavy atom. The van der Waals surface area contributed by atoms with E-state index in [-0.39, 0.29) is 5.75 Å². The Balaban J connectivity index is 2.26.